The molecule has 0 atom stereocenters. The van der Waals surface area contributed by atoms with Crippen molar-refractivity contribution >= 4 is 23.2 Å². The number of benzene rings is 1. The Bertz CT molecular complexity index is 708. The summed E-state index contributed by atoms with van der Waals surface area (Å²) in [7, 11) is 1.43. The van der Waals surface area contributed by atoms with Gasteiger partial charge in [0.05, 0.1) is 7.11 Å². The van der Waals surface area contributed by atoms with Gasteiger partial charge in [-0.05, 0) is 41.8 Å². The average Bonchev–Trinajstić information content (AvgIpc) is 2.47. The molecule has 7 nitrogen and oxygen atoms in total. The third-order valence-corrected chi connectivity index (χ3v) is 3.10. The largest absolute Gasteiger partial charge is 0.467 e. The maximum atomic E-state index is 11.3. The Morgan fingerprint density at radius 1 is 1.19 bits per heavy atom. The summed E-state index contributed by atoms with van der Waals surface area (Å²) >= 11 is 5.76. The van der Waals surface area contributed by atoms with E-state index in [0.717, 1.165) is 11.3 Å². The van der Waals surface area contributed by atoms with E-state index in [1.807, 2.05) is 6.07 Å². The Balaban J connectivity index is 1.85. The number of methoxy groups -OCH3 is 1. The van der Waals surface area contributed by atoms with Crippen LogP contribution < -0.4 is 14.8 Å². The number of ether oxygens (including phenoxy) is 2. The van der Waals surface area contributed by atoms with Gasteiger partial charge < -0.3 is 14.8 Å². The molecule has 0 unspecified atom stereocenters. The molecular weight excluding hydrogens is 296 g/mol. The van der Waals surface area contributed by atoms with Crippen LogP contribution in [-0.4, -0.2) is 28.0 Å². The van der Waals surface area contributed by atoms with E-state index in [1.165, 1.54) is 7.11 Å². The lowest BCUT2D eigenvalue weighted by Crippen LogP contribution is -2.18. The highest BCUT2D eigenvalue weighted by atomic mass is 35.5. The van der Waals surface area contributed by atoms with Crippen molar-refractivity contribution in [3.63, 3.8) is 0 Å². The molecule has 3 rings (SSSR count). The van der Waals surface area contributed by atoms with Crippen molar-refractivity contribution in [3.8, 4) is 17.8 Å². The zero-order chi connectivity index (χ0) is 14.8. The number of anilines is 1. The fourth-order valence-corrected chi connectivity index (χ4v) is 2.12. The van der Waals surface area contributed by atoms with Gasteiger partial charge in [-0.15, -0.1) is 4.98 Å². The molecule has 0 bridgehead atoms. The zero-order valence-corrected chi connectivity index (χ0v) is 11.8. The van der Waals surface area contributed by atoms with Gasteiger partial charge in [-0.1, -0.05) is 0 Å². The molecule has 0 saturated heterocycles. The number of carbonyl (C=O) groups excluding carboxylic acids is 1. The molecule has 0 radical (unpaired) electrons. The number of hydrogen-bond donors (Lipinski definition) is 1. The molecule has 108 valence electrons. The van der Waals surface area contributed by atoms with Gasteiger partial charge >= 0.3 is 12.0 Å². The monoisotopic (exact) mass is 306 g/mol. The van der Waals surface area contributed by atoms with E-state index in [4.69, 9.17) is 21.1 Å². The zero-order valence-electron chi connectivity index (χ0n) is 11.1. The first-order valence-electron chi connectivity index (χ1n) is 6.20. The Kier molecular flexibility index (Phi) is 3.57. The van der Waals surface area contributed by atoms with Gasteiger partial charge in [-0.25, -0.2) is 0 Å². The van der Waals surface area contributed by atoms with Gasteiger partial charge in [0, 0.05) is 12.1 Å². The molecule has 21 heavy (non-hydrogen) atoms. The molecule has 8 heteroatoms. The molecule has 0 aliphatic carbocycles. The number of nitrogens with one attached hydrogen (secondary N) is 1. The van der Waals surface area contributed by atoms with Gasteiger partial charge in [0.25, 0.3) is 0 Å². The topological polar surface area (TPSA) is 86.2 Å². The normalized spacial score (nSPS) is 13.3. The summed E-state index contributed by atoms with van der Waals surface area (Å²) in [5.74, 6) is 0.569. The van der Waals surface area contributed by atoms with Gasteiger partial charge in [0.15, 0.2) is 0 Å². The molecule has 0 saturated carbocycles. The maximum absolute atomic E-state index is 11.3. The van der Waals surface area contributed by atoms with E-state index in [1.54, 1.807) is 12.1 Å². The molecule has 2 aromatic rings. The molecule has 0 spiro atoms. The lowest BCUT2D eigenvalue weighted by molar-refractivity contribution is -0.116. The predicted molar refractivity (Wildman–Crippen MR) is 74.9 cm³/mol. The number of aryl methyl sites for hydroxylation is 1. The van der Waals surface area contributed by atoms with E-state index in [0.29, 0.717) is 18.6 Å². The fraction of sp³-hybridized carbons (Fsp3) is 0.231. The van der Waals surface area contributed by atoms with Crippen molar-refractivity contribution in [1.29, 1.82) is 0 Å². The molecule has 1 aliphatic heterocycles. The summed E-state index contributed by atoms with van der Waals surface area (Å²) in [6, 6.07) is 5.46. The quantitative estimate of drug-likeness (QED) is 0.935. The van der Waals surface area contributed by atoms with E-state index in [-0.39, 0.29) is 23.2 Å². The molecule has 1 aromatic heterocycles. The van der Waals surface area contributed by atoms with Gasteiger partial charge in [-0.3, -0.25) is 4.79 Å². The summed E-state index contributed by atoms with van der Waals surface area (Å²) in [6.07, 6.45) is 1.13. The van der Waals surface area contributed by atoms with E-state index in [2.05, 4.69) is 20.3 Å². The van der Waals surface area contributed by atoms with Crippen LogP contribution in [0.3, 0.4) is 0 Å². The molecule has 0 fully saturated rings. The second kappa shape index (κ2) is 5.53. The maximum Gasteiger partial charge on any atom is 0.329 e. The molecule has 1 amide bonds. The minimum atomic E-state index is -0.0120. The van der Waals surface area contributed by atoms with Gasteiger partial charge in [0.2, 0.25) is 11.2 Å². The lowest BCUT2D eigenvalue weighted by Gasteiger charge is -2.17. The number of rotatable bonds is 3. The van der Waals surface area contributed by atoms with Crippen molar-refractivity contribution < 1.29 is 14.3 Å². The number of amides is 1. The highest BCUT2D eigenvalue weighted by Crippen LogP contribution is 2.29. The summed E-state index contributed by atoms with van der Waals surface area (Å²) in [5.41, 5.74) is 1.80. The van der Waals surface area contributed by atoms with Crippen molar-refractivity contribution in [3.05, 3.63) is 29.0 Å². The standard InChI is InChI=1S/C13H11ClN4O3/c1-20-12-16-11(14)17-13(18-12)21-8-3-4-9-7(6-8)2-5-10(19)15-9/h3-4,6H,2,5H2,1H3,(H,15,19). The summed E-state index contributed by atoms with van der Waals surface area (Å²) in [4.78, 5) is 22.9. The third-order valence-electron chi connectivity index (χ3n) is 2.93. The van der Waals surface area contributed by atoms with Crippen molar-refractivity contribution in [1.82, 2.24) is 15.0 Å². The first-order valence-corrected chi connectivity index (χ1v) is 6.58. The Labute approximate surface area is 125 Å². The number of nitrogens with zero attached hydrogens (tertiary/aromatic N) is 3. The van der Waals surface area contributed by atoms with Gasteiger partial charge in [-0.2, -0.15) is 9.97 Å². The van der Waals surface area contributed by atoms with Crippen molar-refractivity contribution in [2.24, 2.45) is 0 Å². The highest BCUT2D eigenvalue weighted by Gasteiger charge is 2.16. The highest BCUT2D eigenvalue weighted by molar-refractivity contribution is 6.28. The number of carbonyl (C=O) groups is 1. The summed E-state index contributed by atoms with van der Waals surface area (Å²) in [5, 5.41) is 2.79. The molecular formula is C13H11ClN4O3. The van der Waals surface area contributed by atoms with Crippen LogP contribution >= 0.6 is 11.6 Å². The fourth-order valence-electron chi connectivity index (χ4n) is 1.98. The van der Waals surface area contributed by atoms with E-state index >= 15 is 0 Å². The SMILES string of the molecule is COc1nc(Cl)nc(Oc2ccc3c(c2)CCC(=O)N3)n1. The van der Waals surface area contributed by atoms with Crippen molar-refractivity contribution in [2.45, 2.75) is 12.8 Å². The van der Waals surface area contributed by atoms with Crippen molar-refractivity contribution in [2.75, 3.05) is 12.4 Å². The summed E-state index contributed by atoms with van der Waals surface area (Å²) < 4.78 is 10.5. The van der Waals surface area contributed by atoms with E-state index in [9.17, 15) is 4.79 Å². The second-order valence-corrected chi connectivity index (χ2v) is 4.68. The van der Waals surface area contributed by atoms with Gasteiger partial charge in [0.1, 0.15) is 5.75 Å². The second-order valence-electron chi connectivity index (χ2n) is 4.34. The third kappa shape index (κ3) is 3.03. The molecule has 2 heterocycles. The molecule has 1 N–H and O–H groups in total. The van der Waals surface area contributed by atoms with Crippen LogP contribution in [-0.2, 0) is 11.2 Å². The lowest BCUT2D eigenvalue weighted by atomic mass is 10.0. The minimum Gasteiger partial charge on any atom is -0.467 e. The Morgan fingerprint density at radius 2 is 2.00 bits per heavy atom. The van der Waals surface area contributed by atoms with Crippen LogP contribution in [0.4, 0.5) is 5.69 Å². The smallest absolute Gasteiger partial charge is 0.329 e. The van der Waals surface area contributed by atoms with Crippen LogP contribution in [0.5, 0.6) is 17.8 Å². The van der Waals surface area contributed by atoms with E-state index < -0.39 is 0 Å². The van der Waals surface area contributed by atoms with Crippen LogP contribution in [0.1, 0.15) is 12.0 Å². The summed E-state index contributed by atoms with van der Waals surface area (Å²) in [6.45, 7) is 0. The number of aromatic nitrogens is 3. The number of halogens is 1. The minimum absolute atomic E-state index is 0.0120. The number of fused-ring (bicyclic) bond motifs is 1. The molecule has 1 aliphatic rings. The Morgan fingerprint density at radius 3 is 2.81 bits per heavy atom. The first kappa shape index (κ1) is 13.6. The number of hydrogen-bond acceptors (Lipinski definition) is 6. The molecule has 1 aromatic carbocycles. The van der Waals surface area contributed by atoms with Crippen LogP contribution in [0.15, 0.2) is 18.2 Å². The van der Waals surface area contributed by atoms with Crippen LogP contribution in [0.2, 0.25) is 5.28 Å². The predicted octanol–water partition coefficient (Wildman–Crippen LogP) is 2.21. The van der Waals surface area contributed by atoms with Crippen LogP contribution in [0, 0.1) is 0 Å². The average molecular weight is 307 g/mol. The van der Waals surface area contributed by atoms with Crippen LogP contribution in [0.25, 0.3) is 0 Å². The first-order chi connectivity index (χ1) is 10.1. The Hall–Kier alpha value is -2.41.